The predicted molar refractivity (Wildman–Crippen MR) is 100 cm³/mol. The van der Waals surface area contributed by atoms with Gasteiger partial charge in [0, 0.05) is 11.6 Å². The van der Waals surface area contributed by atoms with Crippen LogP contribution >= 0.6 is 0 Å². The molecule has 0 atom stereocenters. The maximum Gasteiger partial charge on any atom is 0.261 e. The molecule has 0 aliphatic heterocycles. The molecule has 0 saturated heterocycles. The van der Waals surface area contributed by atoms with Crippen LogP contribution in [0.4, 0.5) is 11.4 Å². The van der Waals surface area contributed by atoms with Crippen LogP contribution in [0, 0.1) is 0 Å². The SMILES string of the molecule is O=C(Nc1cccc(NS(=O)(=O)c2ccccc2)c1)c1conc1C1CC1. The fraction of sp³-hybridized carbons (Fsp3) is 0.158. The summed E-state index contributed by atoms with van der Waals surface area (Å²) in [5, 5.41) is 6.67. The molecule has 27 heavy (non-hydrogen) atoms. The van der Waals surface area contributed by atoms with Crippen LogP contribution in [0.2, 0.25) is 0 Å². The Bertz CT molecular complexity index is 1070. The fourth-order valence-electron chi connectivity index (χ4n) is 2.74. The van der Waals surface area contributed by atoms with Gasteiger partial charge in [0.15, 0.2) is 0 Å². The zero-order valence-electron chi connectivity index (χ0n) is 14.3. The van der Waals surface area contributed by atoms with E-state index in [2.05, 4.69) is 15.2 Å². The van der Waals surface area contributed by atoms with Gasteiger partial charge in [-0.1, -0.05) is 29.4 Å². The highest BCUT2D eigenvalue weighted by Crippen LogP contribution is 2.40. The van der Waals surface area contributed by atoms with Gasteiger partial charge in [-0.25, -0.2) is 8.42 Å². The zero-order valence-corrected chi connectivity index (χ0v) is 15.1. The minimum Gasteiger partial charge on any atom is -0.364 e. The largest absolute Gasteiger partial charge is 0.364 e. The Morgan fingerprint density at radius 1 is 1.04 bits per heavy atom. The summed E-state index contributed by atoms with van der Waals surface area (Å²) < 4.78 is 32.3. The number of hydrogen-bond acceptors (Lipinski definition) is 5. The molecule has 4 rings (SSSR count). The summed E-state index contributed by atoms with van der Waals surface area (Å²) in [4.78, 5) is 12.7. The second kappa shape index (κ2) is 6.88. The summed E-state index contributed by atoms with van der Waals surface area (Å²) >= 11 is 0. The molecule has 1 heterocycles. The lowest BCUT2D eigenvalue weighted by atomic mass is 10.1. The zero-order chi connectivity index (χ0) is 18.9. The van der Waals surface area contributed by atoms with Crippen molar-refractivity contribution < 1.29 is 17.7 Å². The summed E-state index contributed by atoms with van der Waals surface area (Å²) in [6.07, 6.45) is 3.35. The minimum absolute atomic E-state index is 0.165. The molecule has 2 aromatic carbocycles. The summed E-state index contributed by atoms with van der Waals surface area (Å²) in [6, 6.07) is 14.6. The van der Waals surface area contributed by atoms with Gasteiger partial charge in [-0.15, -0.1) is 0 Å². The predicted octanol–water partition coefficient (Wildman–Crippen LogP) is 3.61. The van der Waals surface area contributed by atoms with E-state index in [-0.39, 0.29) is 16.7 Å². The Hall–Kier alpha value is -3.13. The molecule has 7 nitrogen and oxygen atoms in total. The Labute approximate surface area is 156 Å². The summed E-state index contributed by atoms with van der Waals surface area (Å²) in [5.41, 5.74) is 1.90. The lowest BCUT2D eigenvalue weighted by Crippen LogP contribution is -2.15. The van der Waals surface area contributed by atoms with Crippen LogP contribution in [-0.2, 0) is 10.0 Å². The number of benzene rings is 2. The monoisotopic (exact) mass is 383 g/mol. The van der Waals surface area contributed by atoms with Crippen LogP contribution in [0.15, 0.2) is 70.3 Å². The Morgan fingerprint density at radius 2 is 1.78 bits per heavy atom. The van der Waals surface area contributed by atoms with Gasteiger partial charge in [-0.05, 0) is 43.2 Å². The van der Waals surface area contributed by atoms with Crippen molar-refractivity contribution >= 4 is 27.3 Å². The van der Waals surface area contributed by atoms with Crippen LogP contribution in [0.5, 0.6) is 0 Å². The van der Waals surface area contributed by atoms with Crippen LogP contribution in [0.3, 0.4) is 0 Å². The summed E-state index contributed by atoms with van der Waals surface area (Å²) in [6.45, 7) is 0. The van der Waals surface area contributed by atoms with E-state index in [1.54, 1.807) is 42.5 Å². The van der Waals surface area contributed by atoms with Crippen molar-refractivity contribution in [3.63, 3.8) is 0 Å². The van der Waals surface area contributed by atoms with Gasteiger partial charge in [0.25, 0.3) is 15.9 Å². The van der Waals surface area contributed by atoms with E-state index >= 15 is 0 Å². The minimum atomic E-state index is -3.70. The molecule has 8 heteroatoms. The molecular formula is C19H17N3O4S. The van der Waals surface area contributed by atoms with Crippen LogP contribution in [-0.4, -0.2) is 19.5 Å². The molecule has 1 aliphatic carbocycles. The standard InChI is InChI=1S/C19H17N3O4S/c23-19(17-12-26-21-18(17)13-9-10-13)20-14-5-4-6-15(11-14)22-27(24,25)16-7-2-1-3-8-16/h1-8,11-13,22H,9-10H2,(H,20,23). The summed E-state index contributed by atoms with van der Waals surface area (Å²) in [7, 11) is -3.70. The number of hydrogen-bond donors (Lipinski definition) is 2. The van der Waals surface area contributed by atoms with Crippen molar-refractivity contribution in [1.29, 1.82) is 0 Å². The van der Waals surface area contributed by atoms with E-state index in [1.165, 1.54) is 18.4 Å². The highest BCUT2D eigenvalue weighted by molar-refractivity contribution is 7.92. The molecule has 2 N–H and O–H groups in total. The Morgan fingerprint density at radius 3 is 2.52 bits per heavy atom. The van der Waals surface area contributed by atoms with Crippen LogP contribution in [0.1, 0.15) is 34.8 Å². The second-order valence-corrected chi connectivity index (χ2v) is 8.02. The lowest BCUT2D eigenvalue weighted by molar-refractivity contribution is 0.102. The average molecular weight is 383 g/mol. The number of carbonyl (C=O) groups excluding carboxylic acids is 1. The molecule has 0 unspecified atom stereocenters. The highest BCUT2D eigenvalue weighted by atomic mass is 32.2. The maximum atomic E-state index is 12.5. The van der Waals surface area contributed by atoms with Gasteiger partial charge < -0.3 is 9.84 Å². The lowest BCUT2D eigenvalue weighted by Gasteiger charge is -2.10. The van der Waals surface area contributed by atoms with Crippen LogP contribution < -0.4 is 10.0 Å². The molecule has 3 aromatic rings. The number of amides is 1. The van der Waals surface area contributed by atoms with Gasteiger partial charge in [0.1, 0.15) is 11.8 Å². The molecule has 1 aliphatic rings. The molecule has 0 bridgehead atoms. The molecule has 1 fully saturated rings. The highest BCUT2D eigenvalue weighted by Gasteiger charge is 2.31. The normalized spacial score (nSPS) is 13.9. The first-order chi connectivity index (χ1) is 13.0. The smallest absolute Gasteiger partial charge is 0.261 e. The number of nitrogens with one attached hydrogen (secondary N) is 2. The molecule has 1 amide bonds. The first-order valence-electron chi connectivity index (χ1n) is 8.46. The van der Waals surface area contributed by atoms with Gasteiger partial charge >= 0.3 is 0 Å². The van der Waals surface area contributed by atoms with E-state index in [1.807, 2.05) is 0 Å². The van der Waals surface area contributed by atoms with Crippen molar-refractivity contribution in [3.8, 4) is 0 Å². The Balaban J connectivity index is 1.51. The number of rotatable bonds is 6. The van der Waals surface area contributed by atoms with Crippen molar-refractivity contribution in [2.24, 2.45) is 0 Å². The third-order valence-corrected chi connectivity index (χ3v) is 5.63. The molecular weight excluding hydrogens is 366 g/mol. The average Bonchev–Trinajstić information content (AvgIpc) is 3.38. The topological polar surface area (TPSA) is 101 Å². The quantitative estimate of drug-likeness (QED) is 0.677. The van der Waals surface area contributed by atoms with Gasteiger partial charge in [0.05, 0.1) is 16.3 Å². The molecule has 138 valence electrons. The van der Waals surface area contributed by atoms with Crippen molar-refractivity contribution in [2.45, 2.75) is 23.7 Å². The number of sulfonamides is 1. The molecule has 0 radical (unpaired) electrons. The van der Waals surface area contributed by atoms with Crippen LogP contribution in [0.25, 0.3) is 0 Å². The molecule has 1 aromatic heterocycles. The molecule has 1 saturated carbocycles. The Kier molecular flexibility index (Phi) is 4.41. The van der Waals surface area contributed by atoms with Gasteiger partial charge in [-0.2, -0.15) is 0 Å². The van der Waals surface area contributed by atoms with Crippen molar-refractivity contribution in [2.75, 3.05) is 10.0 Å². The van der Waals surface area contributed by atoms with E-state index in [9.17, 15) is 13.2 Å². The van der Waals surface area contributed by atoms with E-state index < -0.39 is 10.0 Å². The summed E-state index contributed by atoms with van der Waals surface area (Å²) in [5.74, 6) is -0.0465. The van der Waals surface area contributed by atoms with E-state index in [4.69, 9.17) is 4.52 Å². The van der Waals surface area contributed by atoms with Crippen molar-refractivity contribution in [1.82, 2.24) is 5.16 Å². The number of anilines is 2. The first kappa shape index (κ1) is 17.3. The van der Waals surface area contributed by atoms with E-state index in [0.29, 0.717) is 22.6 Å². The number of nitrogens with zero attached hydrogens (tertiary/aromatic N) is 1. The van der Waals surface area contributed by atoms with Gasteiger partial charge in [0.2, 0.25) is 0 Å². The molecule has 0 spiro atoms. The first-order valence-corrected chi connectivity index (χ1v) is 9.95. The third kappa shape index (κ3) is 3.85. The van der Waals surface area contributed by atoms with E-state index in [0.717, 1.165) is 12.8 Å². The van der Waals surface area contributed by atoms with Crippen molar-refractivity contribution in [3.05, 3.63) is 72.1 Å². The fourth-order valence-corrected chi connectivity index (χ4v) is 3.81. The maximum absolute atomic E-state index is 12.5. The number of aromatic nitrogens is 1. The third-order valence-electron chi connectivity index (χ3n) is 4.23. The second-order valence-electron chi connectivity index (χ2n) is 6.34. The number of carbonyl (C=O) groups is 1. The van der Waals surface area contributed by atoms with Gasteiger partial charge in [-0.3, -0.25) is 9.52 Å².